The monoisotopic (exact) mass is 427 g/mol. The molecule has 8 nitrogen and oxygen atoms in total. The van der Waals surface area contributed by atoms with Gasteiger partial charge in [-0.1, -0.05) is 12.1 Å². The number of carbonyl (C=O) groups excluding carboxylic acids is 2. The number of carbonyl (C=O) groups is 2. The second-order valence-electron chi connectivity index (χ2n) is 7.20. The summed E-state index contributed by atoms with van der Waals surface area (Å²) in [5, 5.41) is 8.77. The van der Waals surface area contributed by atoms with Gasteiger partial charge in [-0.3, -0.25) is 9.59 Å². The summed E-state index contributed by atoms with van der Waals surface area (Å²) in [5.41, 5.74) is 1.87. The Morgan fingerprint density at radius 3 is 2.74 bits per heavy atom. The van der Waals surface area contributed by atoms with Gasteiger partial charge in [-0.2, -0.15) is 0 Å². The number of ether oxygens (including phenoxy) is 3. The van der Waals surface area contributed by atoms with Crippen molar-refractivity contribution >= 4 is 23.2 Å². The van der Waals surface area contributed by atoms with Gasteiger partial charge in [0, 0.05) is 43.3 Å². The molecule has 1 heterocycles. The third-order valence-corrected chi connectivity index (χ3v) is 4.77. The van der Waals surface area contributed by atoms with Crippen LogP contribution in [0.2, 0.25) is 0 Å². The summed E-state index contributed by atoms with van der Waals surface area (Å²) in [5.74, 6) is 0.292. The van der Waals surface area contributed by atoms with Gasteiger partial charge in [0.05, 0.1) is 19.3 Å². The van der Waals surface area contributed by atoms with Crippen LogP contribution >= 0.6 is 0 Å². The Morgan fingerprint density at radius 2 is 1.94 bits per heavy atom. The van der Waals surface area contributed by atoms with Crippen molar-refractivity contribution in [1.82, 2.24) is 5.32 Å². The second kappa shape index (κ2) is 11.9. The maximum Gasteiger partial charge on any atom is 0.251 e. The molecule has 1 unspecified atom stereocenters. The van der Waals surface area contributed by atoms with Crippen molar-refractivity contribution < 1.29 is 23.8 Å². The van der Waals surface area contributed by atoms with Gasteiger partial charge < -0.3 is 30.2 Å². The normalized spacial score (nSPS) is 15.3. The first-order valence-electron chi connectivity index (χ1n) is 10.4. The third-order valence-electron chi connectivity index (χ3n) is 4.77. The summed E-state index contributed by atoms with van der Waals surface area (Å²) >= 11 is 0. The van der Waals surface area contributed by atoms with Crippen molar-refractivity contribution in [2.24, 2.45) is 0 Å². The Bertz CT molecular complexity index is 868. The van der Waals surface area contributed by atoms with Crippen molar-refractivity contribution in [3.05, 3.63) is 54.1 Å². The first-order chi connectivity index (χ1) is 15.1. The lowest BCUT2D eigenvalue weighted by Gasteiger charge is -2.12. The molecule has 3 N–H and O–H groups in total. The molecule has 2 aromatic carbocycles. The van der Waals surface area contributed by atoms with Gasteiger partial charge in [0.25, 0.3) is 5.91 Å². The molecule has 2 aromatic rings. The molecule has 0 bridgehead atoms. The van der Waals surface area contributed by atoms with Crippen LogP contribution in [0.3, 0.4) is 0 Å². The van der Waals surface area contributed by atoms with Gasteiger partial charge in [0.15, 0.2) is 0 Å². The van der Waals surface area contributed by atoms with Gasteiger partial charge in [0.2, 0.25) is 5.91 Å². The average molecular weight is 428 g/mol. The van der Waals surface area contributed by atoms with Gasteiger partial charge in [-0.05, 0) is 43.2 Å². The largest absolute Gasteiger partial charge is 0.491 e. The highest BCUT2D eigenvalue weighted by Gasteiger charge is 2.16. The smallest absolute Gasteiger partial charge is 0.251 e. The standard InChI is InChI=1S/C23H29N3O5/c1-29-11-12-31-20-8-3-7-19(14-20)26-22(27)16-24-18-6-2-5-17(13-18)23(28)25-15-21-9-4-10-30-21/h2-3,5-8,13-14,21,24H,4,9-12,15-16H2,1H3,(H,25,28)(H,26,27). The lowest BCUT2D eigenvalue weighted by Crippen LogP contribution is -2.31. The number of rotatable bonds is 11. The molecular weight excluding hydrogens is 398 g/mol. The van der Waals surface area contributed by atoms with E-state index < -0.39 is 0 Å². The topological polar surface area (TPSA) is 97.9 Å². The molecule has 0 aromatic heterocycles. The van der Waals surface area contributed by atoms with E-state index in [0.717, 1.165) is 19.4 Å². The Morgan fingerprint density at radius 1 is 1.10 bits per heavy atom. The van der Waals surface area contributed by atoms with Crippen LogP contribution in [0.4, 0.5) is 11.4 Å². The fourth-order valence-corrected chi connectivity index (χ4v) is 3.18. The molecule has 166 valence electrons. The van der Waals surface area contributed by atoms with Crippen LogP contribution in [0.5, 0.6) is 5.75 Å². The number of benzene rings is 2. The highest BCUT2D eigenvalue weighted by molar-refractivity contribution is 5.96. The zero-order chi connectivity index (χ0) is 21.9. The van der Waals surface area contributed by atoms with Gasteiger partial charge >= 0.3 is 0 Å². The third kappa shape index (κ3) is 7.58. The SMILES string of the molecule is COCCOc1cccc(NC(=O)CNc2cccc(C(=O)NCC3CCCO3)c2)c1. The van der Waals surface area contributed by atoms with E-state index in [2.05, 4.69) is 16.0 Å². The van der Waals surface area contributed by atoms with Crippen LogP contribution in [-0.4, -0.2) is 57.9 Å². The van der Waals surface area contributed by atoms with E-state index in [4.69, 9.17) is 14.2 Å². The van der Waals surface area contributed by atoms with Gasteiger partial charge in [-0.15, -0.1) is 0 Å². The molecular formula is C23H29N3O5. The minimum absolute atomic E-state index is 0.0652. The highest BCUT2D eigenvalue weighted by atomic mass is 16.5. The Kier molecular flexibility index (Phi) is 8.69. The fraction of sp³-hybridized carbons (Fsp3) is 0.391. The summed E-state index contributed by atoms with van der Waals surface area (Å²) in [6.07, 6.45) is 2.10. The molecule has 2 amide bonds. The number of nitrogens with one attached hydrogen (secondary N) is 3. The number of amides is 2. The second-order valence-corrected chi connectivity index (χ2v) is 7.20. The predicted molar refractivity (Wildman–Crippen MR) is 119 cm³/mol. The van der Waals surface area contributed by atoms with E-state index in [-0.39, 0.29) is 24.5 Å². The molecule has 0 spiro atoms. The first-order valence-corrected chi connectivity index (χ1v) is 10.4. The van der Waals surface area contributed by atoms with Crippen molar-refractivity contribution in [1.29, 1.82) is 0 Å². The summed E-state index contributed by atoms with van der Waals surface area (Å²) in [6.45, 7) is 2.26. The molecule has 1 saturated heterocycles. The summed E-state index contributed by atoms with van der Waals surface area (Å²) in [7, 11) is 1.61. The van der Waals surface area contributed by atoms with Crippen molar-refractivity contribution in [3.63, 3.8) is 0 Å². The molecule has 0 saturated carbocycles. The molecule has 0 aliphatic carbocycles. The van der Waals surface area contributed by atoms with E-state index in [1.54, 1.807) is 37.4 Å². The van der Waals surface area contributed by atoms with Gasteiger partial charge in [0.1, 0.15) is 12.4 Å². The molecule has 0 radical (unpaired) electrons. The quantitative estimate of drug-likeness (QED) is 0.477. The zero-order valence-corrected chi connectivity index (χ0v) is 17.7. The van der Waals surface area contributed by atoms with Crippen molar-refractivity contribution in [2.75, 3.05) is 50.7 Å². The zero-order valence-electron chi connectivity index (χ0n) is 17.7. The predicted octanol–water partition coefficient (Wildman–Crippen LogP) is 2.67. The Balaban J connectivity index is 1.46. The maximum atomic E-state index is 12.4. The number of anilines is 2. The van der Waals surface area contributed by atoms with Crippen LogP contribution in [0.25, 0.3) is 0 Å². The van der Waals surface area contributed by atoms with E-state index in [1.165, 1.54) is 0 Å². The lowest BCUT2D eigenvalue weighted by atomic mass is 10.1. The summed E-state index contributed by atoms with van der Waals surface area (Å²) in [4.78, 5) is 24.7. The molecule has 31 heavy (non-hydrogen) atoms. The minimum atomic E-state index is -0.206. The highest BCUT2D eigenvalue weighted by Crippen LogP contribution is 2.17. The van der Waals surface area contributed by atoms with Crippen LogP contribution in [0.1, 0.15) is 23.2 Å². The van der Waals surface area contributed by atoms with Crippen LogP contribution in [0, 0.1) is 0 Å². The van der Waals surface area contributed by atoms with E-state index >= 15 is 0 Å². The fourth-order valence-electron chi connectivity index (χ4n) is 3.18. The van der Waals surface area contributed by atoms with E-state index in [1.807, 2.05) is 18.2 Å². The van der Waals surface area contributed by atoms with E-state index in [0.29, 0.717) is 42.4 Å². The average Bonchev–Trinajstić information content (AvgIpc) is 3.30. The lowest BCUT2D eigenvalue weighted by molar-refractivity contribution is -0.114. The molecule has 3 rings (SSSR count). The van der Waals surface area contributed by atoms with Crippen LogP contribution in [0.15, 0.2) is 48.5 Å². The minimum Gasteiger partial charge on any atom is -0.491 e. The number of hydrogen-bond acceptors (Lipinski definition) is 6. The van der Waals surface area contributed by atoms with Gasteiger partial charge in [-0.25, -0.2) is 0 Å². The molecule has 1 aliphatic rings. The first kappa shape index (κ1) is 22.6. The Hall–Kier alpha value is -3.10. The molecule has 8 heteroatoms. The molecule has 1 aliphatic heterocycles. The summed E-state index contributed by atoms with van der Waals surface area (Å²) in [6, 6.07) is 14.2. The van der Waals surface area contributed by atoms with Crippen LogP contribution < -0.4 is 20.7 Å². The number of methoxy groups -OCH3 is 1. The molecule has 1 fully saturated rings. The van der Waals surface area contributed by atoms with Crippen LogP contribution in [-0.2, 0) is 14.3 Å². The molecule has 1 atom stereocenters. The number of hydrogen-bond donors (Lipinski definition) is 3. The van der Waals surface area contributed by atoms with Crippen molar-refractivity contribution in [2.45, 2.75) is 18.9 Å². The van der Waals surface area contributed by atoms with Crippen molar-refractivity contribution in [3.8, 4) is 5.75 Å². The summed E-state index contributed by atoms with van der Waals surface area (Å²) < 4.78 is 16.0. The maximum absolute atomic E-state index is 12.4. The Labute approximate surface area is 182 Å². The van der Waals surface area contributed by atoms with E-state index in [9.17, 15) is 9.59 Å².